The highest BCUT2D eigenvalue weighted by Gasteiger charge is 2.39. The van der Waals surface area contributed by atoms with Gasteiger partial charge in [-0.1, -0.05) is 12.8 Å². The molecule has 4 aromatic rings. The van der Waals surface area contributed by atoms with Crippen molar-refractivity contribution in [2.75, 3.05) is 41.7 Å². The zero-order valence-electron chi connectivity index (χ0n) is 24.1. The molecule has 1 aliphatic carbocycles. The Morgan fingerprint density at radius 3 is 1.39 bits per heavy atom. The molecular formula is C31H34O10. The number of fused-ring (bicyclic) bond motifs is 2. The number of carbonyl (C=O) groups excluding carboxylic acids is 2. The van der Waals surface area contributed by atoms with Crippen molar-refractivity contribution in [3.63, 3.8) is 0 Å². The fraction of sp³-hybridized carbons (Fsp3) is 0.419. The zero-order chi connectivity index (χ0) is 29.3. The molecule has 0 atom stereocenters. The number of carbonyl (C=O) groups is 2. The highest BCUT2D eigenvalue weighted by Crippen LogP contribution is 2.50. The quantitative estimate of drug-likeness (QED) is 0.173. The molecule has 1 aliphatic rings. The summed E-state index contributed by atoms with van der Waals surface area (Å²) in [6, 6.07) is 3.45. The van der Waals surface area contributed by atoms with E-state index in [1.807, 2.05) is 0 Å². The summed E-state index contributed by atoms with van der Waals surface area (Å²) in [5, 5.41) is 1.24. The largest absolute Gasteiger partial charge is 0.495 e. The standard InChI is InChI=1S/C31H34O10/c1-17(32)21-23(34-3)19-9-13-38-25(19)29(36-5)27(21)40-15-31(11-7-8-12-31)16-41-28-22(18(2)33)24(35-4)20-10-14-39-26(20)30(28)37-6/h9-10,13-14H,7-8,11-12,15-16H2,1-6H3. The number of ether oxygens (including phenoxy) is 6. The minimum absolute atomic E-state index is 0.219. The van der Waals surface area contributed by atoms with Gasteiger partial charge in [-0.2, -0.15) is 0 Å². The molecule has 2 aromatic heterocycles. The van der Waals surface area contributed by atoms with Crippen molar-refractivity contribution >= 4 is 33.5 Å². The number of Topliss-reactive ketones (excluding diaryl/α,β-unsaturated/α-hetero) is 2. The van der Waals surface area contributed by atoms with Crippen molar-refractivity contribution < 1.29 is 46.8 Å². The van der Waals surface area contributed by atoms with Crippen LogP contribution in [0.4, 0.5) is 0 Å². The van der Waals surface area contributed by atoms with E-state index < -0.39 is 5.41 Å². The molecule has 0 amide bonds. The Labute approximate surface area is 237 Å². The third-order valence-corrected chi connectivity index (χ3v) is 7.78. The second-order valence-electron chi connectivity index (χ2n) is 10.3. The molecule has 2 aromatic carbocycles. The molecule has 0 radical (unpaired) electrons. The molecule has 0 aliphatic heterocycles. The van der Waals surface area contributed by atoms with Crippen LogP contribution in [0, 0.1) is 5.41 Å². The van der Waals surface area contributed by atoms with Crippen LogP contribution in [0.15, 0.2) is 33.5 Å². The number of benzene rings is 2. The highest BCUT2D eigenvalue weighted by molar-refractivity contribution is 6.09. The SMILES string of the molecule is COc1c(C(C)=O)c(OCC2(COc3c(C(C)=O)c(OC)c4ccoc4c3OC)CCCC2)c(OC)c2occc12. The van der Waals surface area contributed by atoms with Gasteiger partial charge in [0.2, 0.25) is 11.5 Å². The number of hydrogen-bond donors (Lipinski definition) is 0. The fourth-order valence-corrected chi connectivity index (χ4v) is 5.85. The lowest BCUT2D eigenvalue weighted by Crippen LogP contribution is -2.33. The van der Waals surface area contributed by atoms with Gasteiger partial charge >= 0.3 is 0 Å². The Hall–Kier alpha value is -4.34. The van der Waals surface area contributed by atoms with Crippen LogP contribution in [0.25, 0.3) is 21.9 Å². The number of furan rings is 2. The molecule has 10 heteroatoms. The van der Waals surface area contributed by atoms with Gasteiger partial charge in [-0.05, 0) is 38.8 Å². The van der Waals surface area contributed by atoms with Crippen LogP contribution < -0.4 is 28.4 Å². The predicted molar refractivity (Wildman–Crippen MR) is 151 cm³/mol. The monoisotopic (exact) mass is 566 g/mol. The number of hydrogen-bond acceptors (Lipinski definition) is 10. The van der Waals surface area contributed by atoms with Crippen molar-refractivity contribution in [2.45, 2.75) is 39.5 Å². The van der Waals surface area contributed by atoms with Gasteiger partial charge in [-0.15, -0.1) is 0 Å². The van der Waals surface area contributed by atoms with E-state index in [9.17, 15) is 9.59 Å². The lowest BCUT2D eigenvalue weighted by molar-refractivity contribution is 0.0780. The first-order valence-corrected chi connectivity index (χ1v) is 13.4. The Morgan fingerprint density at radius 1 is 0.659 bits per heavy atom. The summed E-state index contributed by atoms with van der Waals surface area (Å²) in [7, 11) is 6.01. The van der Waals surface area contributed by atoms with Crippen molar-refractivity contribution in [2.24, 2.45) is 5.41 Å². The van der Waals surface area contributed by atoms with Crippen LogP contribution in [-0.4, -0.2) is 53.2 Å². The van der Waals surface area contributed by atoms with E-state index in [4.69, 9.17) is 37.3 Å². The van der Waals surface area contributed by atoms with Crippen LogP contribution in [-0.2, 0) is 0 Å². The van der Waals surface area contributed by atoms with Gasteiger partial charge < -0.3 is 37.3 Å². The normalized spacial score (nSPS) is 14.3. The van der Waals surface area contributed by atoms with Gasteiger partial charge in [0.05, 0.1) is 65.0 Å². The van der Waals surface area contributed by atoms with Gasteiger partial charge in [-0.3, -0.25) is 9.59 Å². The molecule has 41 heavy (non-hydrogen) atoms. The molecule has 1 saturated carbocycles. The van der Waals surface area contributed by atoms with Gasteiger partial charge in [0.1, 0.15) is 22.6 Å². The van der Waals surface area contributed by atoms with Crippen LogP contribution in [0.2, 0.25) is 0 Å². The molecule has 0 unspecified atom stereocenters. The smallest absolute Gasteiger partial charge is 0.205 e. The summed E-state index contributed by atoms with van der Waals surface area (Å²) in [5.74, 6) is 1.41. The molecule has 0 spiro atoms. The zero-order valence-corrected chi connectivity index (χ0v) is 24.1. The predicted octanol–water partition coefficient (Wildman–Crippen LogP) is 6.64. The maximum atomic E-state index is 12.8. The first-order valence-electron chi connectivity index (χ1n) is 13.4. The summed E-state index contributed by atoms with van der Waals surface area (Å²) in [6.45, 7) is 3.35. The van der Waals surface area contributed by atoms with Gasteiger partial charge in [0.25, 0.3) is 0 Å². The molecule has 1 fully saturated rings. The topological polar surface area (TPSA) is 116 Å². The van der Waals surface area contributed by atoms with Crippen molar-refractivity contribution in [1.82, 2.24) is 0 Å². The summed E-state index contributed by atoms with van der Waals surface area (Å²) >= 11 is 0. The molecule has 2 heterocycles. The maximum absolute atomic E-state index is 12.8. The van der Waals surface area contributed by atoms with Gasteiger partial charge in [0.15, 0.2) is 34.2 Å². The number of ketones is 2. The first kappa shape index (κ1) is 28.2. The van der Waals surface area contributed by atoms with Gasteiger partial charge in [0, 0.05) is 5.41 Å². The van der Waals surface area contributed by atoms with E-state index in [1.165, 1.54) is 54.8 Å². The second kappa shape index (κ2) is 11.3. The molecule has 0 saturated heterocycles. The Morgan fingerprint density at radius 2 is 1.05 bits per heavy atom. The van der Waals surface area contributed by atoms with E-state index in [0.717, 1.165) is 25.7 Å². The van der Waals surface area contributed by atoms with Crippen molar-refractivity contribution in [1.29, 1.82) is 0 Å². The maximum Gasteiger partial charge on any atom is 0.205 e. The van der Waals surface area contributed by atoms with E-state index in [-0.39, 0.29) is 47.4 Å². The lowest BCUT2D eigenvalue weighted by Gasteiger charge is -2.30. The van der Waals surface area contributed by atoms with Crippen LogP contribution in [0.5, 0.6) is 34.5 Å². The Kier molecular flexibility index (Phi) is 7.75. The Bertz CT molecular complexity index is 1490. The molecule has 10 nitrogen and oxygen atoms in total. The summed E-state index contributed by atoms with van der Waals surface area (Å²) < 4.78 is 46.9. The molecule has 218 valence electrons. The molecule has 5 rings (SSSR count). The van der Waals surface area contributed by atoms with Crippen LogP contribution >= 0.6 is 0 Å². The summed E-state index contributed by atoms with van der Waals surface area (Å²) in [4.78, 5) is 25.7. The second-order valence-corrected chi connectivity index (χ2v) is 10.3. The van der Waals surface area contributed by atoms with E-state index >= 15 is 0 Å². The molecular weight excluding hydrogens is 532 g/mol. The molecule has 0 bridgehead atoms. The lowest BCUT2D eigenvalue weighted by atomic mass is 9.88. The number of rotatable bonds is 12. The fourth-order valence-electron chi connectivity index (χ4n) is 5.85. The third-order valence-electron chi connectivity index (χ3n) is 7.78. The Balaban J connectivity index is 1.53. The van der Waals surface area contributed by atoms with Gasteiger partial charge in [-0.25, -0.2) is 0 Å². The van der Waals surface area contributed by atoms with E-state index in [1.54, 1.807) is 12.1 Å². The van der Waals surface area contributed by atoms with E-state index in [0.29, 0.717) is 44.9 Å². The minimum Gasteiger partial charge on any atom is -0.495 e. The molecule has 0 N–H and O–H groups in total. The summed E-state index contributed by atoms with van der Waals surface area (Å²) in [5.41, 5.74) is 0.975. The third kappa shape index (κ3) is 4.71. The number of methoxy groups -OCH3 is 4. The van der Waals surface area contributed by atoms with Crippen molar-refractivity contribution in [3.8, 4) is 34.5 Å². The average Bonchev–Trinajstić information content (AvgIpc) is 3.74. The van der Waals surface area contributed by atoms with E-state index in [2.05, 4.69) is 0 Å². The summed E-state index contributed by atoms with van der Waals surface area (Å²) in [6.07, 6.45) is 6.59. The van der Waals surface area contributed by atoms with Crippen LogP contribution in [0.3, 0.4) is 0 Å². The first-order chi connectivity index (χ1) is 19.8. The van der Waals surface area contributed by atoms with Crippen molar-refractivity contribution in [3.05, 3.63) is 35.8 Å². The minimum atomic E-state index is -0.436. The highest BCUT2D eigenvalue weighted by atomic mass is 16.5. The average molecular weight is 567 g/mol. The van der Waals surface area contributed by atoms with Crippen LogP contribution in [0.1, 0.15) is 60.2 Å².